The fourth-order valence-electron chi connectivity index (χ4n) is 2.66. The van der Waals surface area contributed by atoms with E-state index < -0.39 is 6.04 Å². The van der Waals surface area contributed by atoms with Gasteiger partial charge in [0.1, 0.15) is 6.04 Å². The summed E-state index contributed by atoms with van der Waals surface area (Å²) in [6, 6.07) is 11.8. The number of benzene rings is 1. The van der Waals surface area contributed by atoms with Gasteiger partial charge < -0.3 is 15.0 Å². The van der Waals surface area contributed by atoms with Gasteiger partial charge in [-0.25, -0.2) is 0 Å². The summed E-state index contributed by atoms with van der Waals surface area (Å²) in [5.74, 6) is -0.338. The average Bonchev–Trinajstić information content (AvgIpc) is 2.76. The second kappa shape index (κ2) is 7.27. The Kier molecular flexibility index (Phi) is 5.39. The van der Waals surface area contributed by atoms with E-state index in [-0.39, 0.29) is 5.97 Å². The van der Waals surface area contributed by atoms with Crippen LogP contribution in [0.15, 0.2) is 36.4 Å². The van der Waals surface area contributed by atoms with Crippen LogP contribution in [-0.2, 0) is 22.5 Å². The number of aryl methyl sites for hydroxylation is 1. The van der Waals surface area contributed by atoms with Crippen molar-refractivity contribution in [1.82, 2.24) is 4.57 Å². The summed E-state index contributed by atoms with van der Waals surface area (Å²) in [6.07, 6.45) is 0.507. The summed E-state index contributed by atoms with van der Waals surface area (Å²) in [4.78, 5) is 11.7. The maximum Gasteiger partial charge on any atom is 0.323 e. The molecule has 2 rings (SSSR count). The molecule has 0 aliphatic heterocycles. The van der Waals surface area contributed by atoms with Crippen LogP contribution < -0.4 is 5.73 Å². The van der Waals surface area contributed by atoms with Crippen molar-refractivity contribution in [3.05, 3.63) is 58.9 Å². The lowest BCUT2D eigenvalue weighted by molar-refractivity contribution is -0.144. The molecular weight excluding hydrogens is 276 g/mol. The van der Waals surface area contributed by atoms with Crippen LogP contribution in [0.25, 0.3) is 0 Å². The molecule has 0 saturated heterocycles. The molecule has 0 aliphatic rings. The molecule has 0 radical (unpaired) electrons. The van der Waals surface area contributed by atoms with Crippen molar-refractivity contribution >= 4 is 5.97 Å². The zero-order chi connectivity index (χ0) is 16.1. The van der Waals surface area contributed by atoms with Gasteiger partial charge in [-0.15, -0.1) is 0 Å². The predicted octanol–water partition coefficient (Wildman–Crippen LogP) is 2.59. The molecule has 0 spiro atoms. The largest absolute Gasteiger partial charge is 0.465 e. The molecule has 1 atom stereocenters. The van der Waals surface area contributed by atoms with Crippen molar-refractivity contribution in [3.8, 4) is 0 Å². The first-order valence-corrected chi connectivity index (χ1v) is 7.64. The van der Waals surface area contributed by atoms with Gasteiger partial charge in [-0.3, -0.25) is 4.79 Å². The van der Waals surface area contributed by atoms with Crippen LogP contribution in [-0.4, -0.2) is 23.2 Å². The molecule has 1 unspecified atom stereocenters. The van der Waals surface area contributed by atoms with Crippen molar-refractivity contribution in [2.75, 3.05) is 6.61 Å². The topological polar surface area (TPSA) is 57.2 Å². The Balaban J connectivity index is 2.15. The molecule has 1 heterocycles. The molecule has 0 aliphatic carbocycles. The summed E-state index contributed by atoms with van der Waals surface area (Å²) in [7, 11) is 0. The summed E-state index contributed by atoms with van der Waals surface area (Å²) >= 11 is 0. The molecule has 2 aromatic rings. The number of aromatic nitrogens is 1. The Morgan fingerprint density at radius 1 is 1.27 bits per heavy atom. The van der Waals surface area contributed by atoms with E-state index in [0.717, 1.165) is 17.8 Å². The first-order valence-electron chi connectivity index (χ1n) is 7.64. The normalized spacial score (nSPS) is 12.2. The lowest BCUT2D eigenvalue weighted by atomic mass is 10.1. The maximum atomic E-state index is 11.7. The smallest absolute Gasteiger partial charge is 0.323 e. The Morgan fingerprint density at radius 3 is 2.59 bits per heavy atom. The third-order valence-electron chi connectivity index (χ3n) is 3.89. The Morgan fingerprint density at radius 2 is 1.95 bits per heavy atom. The zero-order valence-corrected chi connectivity index (χ0v) is 13.5. The number of hydrogen-bond donors (Lipinski definition) is 1. The zero-order valence-electron chi connectivity index (χ0n) is 13.5. The minimum Gasteiger partial charge on any atom is -0.465 e. The van der Waals surface area contributed by atoms with Crippen LogP contribution in [0.1, 0.15) is 29.4 Å². The number of carbonyl (C=O) groups is 1. The number of carbonyl (C=O) groups excluding carboxylic acids is 1. The van der Waals surface area contributed by atoms with Crippen molar-refractivity contribution in [1.29, 1.82) is 0 Å². The van der Waals surface area contributed by atoms with Gasteiger partial charge in [0.25, 0.3) is 0 Å². The summed E-state index contributed by atoms with van der Waals surface area (Å²) in [5, 5.41) is 0. The number of nitrogens with two attached hydrogens (primary N) is 1. The standard InChI is InChI=1S/C18H24N2O2/c1-4-22-18(21)17(19)11-16-10-13(2)20(14(16)3)12-15-8-6-5-7-9-15/h5-10,17H,4,11-12,19H2,1-3H3. The molecule has 118 valence electrons. The molecule has 1 aromatic heterocycles. The lowest BCUT2D eigenvalue weighted by Gasteiger charge is -2.12. The molecule has 0 fully saturated rings. The van der Waals surface area contributed by atoms with Crippen LogP contribution in [0.3, 0.4) is 0 Å². The first-order chi connectivity index (χ1) is 10.5. The summed E-state index contributed by atoms with van der Waals surface area (Å²) in [5.41, 5.74) is 10.6. The highest BCUT2D eigenvalue weighted by Gasteiger charge is 2.18. The summed E-state index contributed by atoms with van der Waals surface area (Å²) in [6.45, 7) is 7.13. The van der Waals surface area contributed by atoms with Gasteiger partial charge in [0.15, 0.2) is 0 Å². The Labute approximate surface area is 131 Å². The molecule has 2 N–H and O–H groups in total. The number of nitrogens with zero attached hydrogens (tertiary/aromatic N) is 1. The lowest BCUT2D eigenvalue weighted by Crippen LogP contribution is -2.34. The molecule has 0 bridgehead atoms. The van der Waals surface area contributed by atoms with Crippen LogP contribution in [0.4, 0.5) is 0 Å². The predicted molar refractivity (Wildman–Crippen MR) is 87.8 cm³/mol. The maximum absolute atomic E-state index is 11.7. The van der Waals surface area contributed by atoms with Crippen molar-refractivity contribution in [2.24, 2.45) is 5.73 Å². The second-order valence-electron chi connectivity index (χ2n) is 5.53. The Hall–Kier alpha value is -2.07. The Bertz CT molecular complexity index is 632. The van der Waals surface area contributed by atoms with Crippen molar-refractivity contribution in [2.45, 2.75) is 39.8 Å². The van der Waals surface area contributed by atoms with Gasteiger partial charge >= 0.3 is 5.97 Å². The van der Waals surface area contributed by atoms with Gasteiger partial charge in [0.2, 0.25) is 0 Å². The quantitative estimate of drug-likeness (QED) is 0.834. The molecule has 1 aromatic carbocycles. The molecule has 4 heteroatoms. The van der Waals surface area contributed by atoms with E-state index in [1.807, 2.05) is 18.2 Å². The molecular formula is C18H24N2O2. The fraction of sp³-hybridized carbons (Fsp3) is 0.389. The van der Waals surface area contributed by atoms with Crippen molar-refractivity contribution < 1.29 is 9.53 Å². The highest BCUT2D eigenvalue weighted by Crippen LogP contribution is 2.18. The van der Waals surface area contributed by atoms with Gasteiger partial charge in [-0.1, -0.05) is 30.3 Å². The molecule has 0 amide bonds. The van der Waals surface area contributed by atoms with E-state index in [1.165, 1.54) is 11.3 Å². The van der Waals surface area contributed by atoms with Crippen LogP contribution in [0.5, 0.6) is 0 Å². The monoisotopic (exact) mass is 300 g/mol. The van der Waals surface area contributed by atoms with Gasteiger partial charge in [-0.05, 0) is 44.4 Å². The van der Waals surface area contributed by atoms with Crippen LogP contribution in [0, 0.1) is 13.8 Å². The molecule has 0 saturated carbocycles. The van der Waals surface area contributed by atoms with Crippen molar-refractivity contribution in [3.63, 3.8) is 0 Å². The molecule has 4 nitrogen and oxygen atoms in total. The number of hydrogen-bond acceptors (Lipinski definition) is 3. The van der Waals surface area contributed by atoms with Gasteiger partial charge in [0.05, 0.1) is 6.61 Å². The van der Waals surface area contributed by atoms with E-state index in [1.54, 1.807) is 6.92 Å². The third-order valence-corrected chi connectivity index (χ3v) is 3.89. The number of esters is 1. The third kappa shape index (κ3) is 3.77. The van der Waals surface area contributed by atoms with E-state index in [0.29, 0.717) is 13.0 Å². The molecule has 22 heavy (non-hydrogen) atoms. The van der Waals surface area contributed by atoms with E-state index in [4.69, 9.17) is 10.5 Å². The van der Waals surface area contributed by atoms with E-state index in [2.05, 4.69) is 36.6 Å². The second-order valence-corrected chi connectivity index (χ2v) is 5.53. The van der Waals surface area contributed by atoms with Crippen LogP contribution >= 0.6 is 0 Å². The number of rotatable bonds is 6. The van der Waals surface area contributed by atoms with Gasteiger partial charge in [-0.2, -0.15) is 0 Å². The highest BCUT2D eigenvalue weighted by molar-refractivity contribution is 5.75. The SMILES string of the molecule is CCOC(=O)C(N)Cc1cc(C)n(Cc2ccccc2)c1C. The van der Waals surface area contributed by atoms with Crippen LogP contribution in [0.2, 0.25) is 0 Å². The minimum absolute atomic E-state index is 0.338. The first kappa shape index (κ1) is 16.3. The fourth-order valence-corrected chi connectivity index (χ4v) is 2.66. The highest BCUT2D eigenvalue weighted by atomic mass is 16.5. The van der Waals surface area contributed by atoms with E-state index in [9.17, 15) is 4.79 Å². The minimum atomic E-state index is -0.606. The average molecular weight is 300 g/mol. The summed E-state index contributed by atoms with van der Waals surface area (Å²) < 4.78 is 7.23. The van der Waals surface area contributed by atoms with E-state index >= 15 is 0 Å². The number of ether oxygens (including phenoxy) is 1. The van der Waals surface area contributed by atoms with Gasteiger partial charge in [0, 0.05) is 17.9 Å².